The highest BCUT2D eigenvalue weighted by molar-refractivity contribution is 5.90. The molecule has 0 saturated carbocycles. The summed E-state index contributed by atoms with van der Waals surface area (Å²) in [6, 6.07) is 6.87. The number of carbonyl (C=O) groups is 1. The molecule has 2 aromatic rings. The molecule has 3 heterocycles. The topological polar surface area (TPSA) is 32.8 Å². The highest BCUT2D eigenvalue weighted by atomic mass is 19.4. The van der Waals surface area contributed by atoms with E-state index in [2.05, 4.69) is 25.7 Å². The zero-order valence-corrected chi connectivity index (χ0v) is 25.1. The third-order valence-electron chi connectivity index (χ3n) is 9.31. The second-order valence-corrected chi connectivity index (χ2v) is 13.1. The summed E-state index contributed by atoms with van der Waals surface area (Å²) in [6.07, 6.45) is -7.83. The second kappa shape index (κ2) is 11.8. The van der Waals surface area contributed by atoms with Crippen molar-refractivity contribution < 1.29 is 40.3 Å². The van der Waals surface area contributed by atoms with Gasteiger partial charge in [-0.3, -0.25) is 9.69 Å². The maximum atomic E-state index is 13.9. The Morgan fingerprint density at radius 3 is 1.98 bits per heavy atom. The molecule has 5 rings (SSSR count). The predicted molar refractivity (Wildman–Crippen MR) is 151 cm³/mol. The first kappa shape index (κ1) is 32.5. The SMILES string of the molecule is C[C@@H](OC1CN2C(=O)C=C(C3CCN(C(C)(C)C)CC3)CC2[C@@H]1c1ccc(F)cc1)c1cc(C(F)(F)F)cc(C(F)(F)F)c1. The van der Waals surface area contributed by atoms with Gasteiger partial charge in [0.1, 0.15) is 5.82 Å². The fourth-order valence-electron chi connectivity index (χ4n) is 6.93. The Hall–Kier alpha value is -2.92. The van der Waals surface area contributed by atoms with Crippen LogP contribution < -0.4 is 0 Å². The fourth-order valence-corrected chi connectivity index (χ4v) is 6.93. The van der Waals surface area contributed by atoms with Crippen molar-refractivity contribution in [3.63, 3.8) is 0 Å². The Labute approximate surface area is 252 Å². The van der Waals surface area contributed by atoms with Gasteiger partial charge in [-0.05, 0) is 107 Å². The molecule has 240 valence electrons. The normalized spacial score (nSPS) is 24.8. The van der Waals surface area contributed by atoms with Gasteiger partial charge in [0, 0.05) is 30.1 Å². The van der Waals surface area contributed by atoms with Crippen LogP contribution in [0, 0.1) is 11.7 Å². The number of benzene rings is 2. The standard InChI is InChI=1S/C33H37F7N2O2/c1-19(22-13-24(32(35,36)37)17-25(14-22)33(38,39)40)44-28-18-42-27(30(28)21-5-7-26(34)8-6-21)15-23(16-29(42)43)20-9-11-41(12-10-20)31(2,3)4/h5-8,13-14,16-17,19-20,27-28,30H,9-12,15,18H2,1-4H3/t19-,27?,28?,30+/m1/s1. The van der Waals surface area contributed by atoms with Gasteiger partial charge in [0.25, 0.3) is 0 Å². The molecule has 0 radical (unpaired) electrons. The van der Waals surface area contributed by atoms with Crippen LogP contribution in [0.25, 0.3) is 0 Å². The number of rotatable bonds is 5. The zero-order valence-electron chi connectivity index (χ0n) is 25.1. The van der Waals surface area contributed by atoms with Crippen LogP contribution in [0.4, 0.5) is 30.7 Å². The van der Waals surface area contributed by atoms with E-state index in [-0.39, 0.29) is 41.6 Å². The van der Waals surface area contributed by atoms with E-state index in [4.69, 9.17) is 4.74 Å². The van der Waals surface area contributed by atoms with Crippen LogP contribution in [0.5, 0.6) is 0 Å². The van der Waals surface area contributed by atoms with Gasteiger partial charge in [-0.25, -0.2) is 4.39 Å². The number of piperidine rings is 1. The van der Waals surface area contributed by atoms with Crippen molar-refractivity contribution in [2.45, 2.75) is 89.0 Å². The highest BCUT2D eigenvalue weighted by Gasteiger charge is 2.48. The van der Waals surface area contributed by atoms with Gasteiger partial charge in [0.15, 0.2) is 0 Å². The van der Waals surface area contributed by atoms with Crippen molar-refractivity contribution in [1.29, 1.82) is 0 Å². The quantitative estimate of drug-likeness (QED) is 0.314. The van der Waals surface area contributed by atoms with Crippen LogP contribution in [0.1, 0.15) is 81.2 Å². The van der Waals surface area contributed by atoms with Gasteiger partial charge in [-0.15, -0.1) is 0 Å². The van der Waals surface area contributed by atoms with E-state index in [0.717, 1.165) is 31.5 Å². The van der Waals surface area contributed by atoms with E-state index in [1.165, 1.54) is 19.1 Å². The van der Waals surface area contributed by atoms with Crippen molar-refractivity contribution in [2.24, 2.45) is 5.92 Å². The Morgan fingerprint density at radius 2 is 1.45 bits per heavy atom. The Kier molecular flexibility index (Phi) is 8.70. The first-order valence-corrected chi connectivity index (χ1v) is 14.9. The molecular formula is C33H37F7N2O2. The maximum absolute atomic E-state index is 13.9. The van der Waals surface area contributed by atoms with E-state index < -0.39 is 47.4 Å². The molecule has 4 nitrogen and oxygen atoms in total. The van der Waals surface area contributed by atoms with Gasteiger partial charge in [0.2, 0.25) is 5.91 Å². The monoisotopic (exact) mass is 626 g/mol. The molecule has 0 spiro atoms. The number of halogens is 7. The van der Waals surface area contributed by atoms with Crippen LogP contribution in [-0.2, 0) is 21.9 Å². The molecule has 2 unspecified atom stereocenters. The average molecular weight is 627 g/mol. The molecule has 11 heteroatoms. The third kappa shape index (κ3) is 6.83. The molecule has 1 amide bonds. The van der Waals surface area contributed by atoms with Crippen molar-refractivity contribution in [3.05, 3.63) is 82.2 Å². The second-order valence-electron chi connectivity index (χ2n) is 13.1. The van der Waals surface area contributed by atoms with E-state index in [9.17, 15) is 35.5 Å². The number of fused-ring (bicyclic) bond motifs is 1. The number of nitrogens with zero attached hydrogens (tertiary/aromatic N) is 2. The van der Waals surface area contributed by atoms with E-state index in [0.29, 0.717) is 24.1 Å². The lowest BCUT2D eigenvalue weighted by Crippen LogP contribution is -2.47. The van der Waals surface area contributed by atoms with Crippen LogP contribution in [-0.4, -0.2) is 53.0 Å². The minimum absolute atomic E-state index is 0.0411. The zero-order chi connectivity index (χ0) is 32.2. The summed E-state index contributed by atoms with van der Waals surface area (Å²) in [5.74, 6) is -0.894. The Balaban J connectivity index is 1.42. The lowest BCUT2D eigenvalue weighted by molar-refractivity contribution is -0.143. The first-order valence-electron chi connectivity index (χ1n) is 14.9. The minimum atomic E-state index is -4.99. The highest BCUT2D eigenvalue weighted by Crippen LogP contribution is 2.45. The van der Waals surface area contributed by atoms with Gasteiger partial charge in [-0.1, -0.05) is 17.7 Å². The number of alkyl halides is 6. The largest absolute Gasteiger partial charge is 0.416 e. The summed E-state index contributed by atoms with van der Waals surface area (Å²) in [5.41, 5.74) is -1.34. The first-order chi connectivity index (χ1) is 20.4. The summed E-state index contributed by atoms with van der Waals surface area (Å²) >= 11 is 0. The van der Waals surface area contributed by atoms with Gasteiger partial charge >= 0.3 is 12.4 Å². The van der Waals surface area contributed by atoms with Crippen LogP contribution in [0.15, 0.2) is 54.1 Å². The summed E-state index contributed by atoms with van der Waals surface area (Å²) in [7, 11) is 0. The summed E-state index contributed by atoms with van der Waals surface area (Å²) in [5, 5.41) is 0. The number of ether oxygens (including phenoxy) is 1. The van der Waals surface area contributed by atoms with E-state index in [1.807, 2.05) is 0 Å². The van der Waals surface area contributed by atoms with Crippen molar-refractivity contribution in [3.8, 4) is 0 Å². The molecular weight excluding hydrogens is 589 g/mol. The molecule has 0 N–H and O–H groups in total. The summed E-state index contributed by atoms with van der Waals surface area (Å²) < 4.78 is 101. The van der Waals surface area contributed by atoms with E-state index >= 15 is 0 Å². The molecule has 2 saturated heterocycles. The molecule has 2 fully saturated rings. The van der Waals surface area contributed by atoms with Crippen molar-refractivity contribution >= 4 is 5.91 Å². The van der Waals surface area contributed by atoms with Gasteiger partial charge in [0.05, 0.1) is 23.3 Å². The lowest BCUT2D eigenvalue weighted by Gasteiger charge is -2.43. The third-order valence-corrected chi connectivity index (χ3v) is 9.31. The molecule has 4 atom stereocenters. The molecule has 0 aliphatic carbocycles. The molecule has 0 aromatic heterocycles. The molecule has 44 heavy (non-hydrogen) atoms. The fraction of sp³-hybridized carbons (Fsp3) is 0.545. The number of carbonyl (C=O) groups excluding carboxylic acids is 1. The maximum Gasteiger partial charge on any atom is 0.416 e. The molecule has 0 bridgehead atoms. The van der Waals surface area contributed by atoms with Crippen molar-refractivity contribution in [2.75, 3.05) is 19.6 Å². The number of likely N-dealkylation sites (tertiary alicyclic amines) is 1. The Morgan fingerprint density at radius 1 is 0.886 bits per heavy atom. The summed E-state index contributed by atoms with van der Waals surface area (Å²) in [6.45, 7) is 9.82. The average Bonchev–Trinajstić information content (AvgIpc) is 3.30. The smallest absolute Gasteiger partial charge is 0.368 e. The predicted octanol–water partition coefficient (Wildman–Crippen LogP) is 8.14. The van der Waals surface area contributed by atoms with Crippen molar-refractivity contribution in [1.82, 2.24) is 9.80 Å². The molecule has 3 aliphatic heterocycles. The van der Waals surface area contributed by atoms with Gasteiger partial charge < -0.3 is 9.64 Å². The van der Waals surface area contributed by atoms with Gasteiger partial charge in [-0.2, -0.15) is 26.3 Å². The van der Waals surface area contributed by atoms with Crippen LogP contribution in [0.2, 0.25) is 0 Å². The number of amides is 1. The minimum Gasteiger partial charge on any atom is -0.368 e. The Bertz CT molecular complexity index is 1350. The number of hydrogen-bond donors (Lipinski definition) is 0. The molecule has 3 aliphatic rings. The van der Waals surface area contributed by atoms with Crippen LogP contribution >= 0.6 is 0 Å². The summed E-state index contributed by atoms with van der Waals surface area (Å²) in [4.78, 5) is 17.6. The number of hydrogen-bond acceptors (Lipinski definition) is 3. The van der Waals surface area contributed by atoms with Crippen LogP contribution in [0.3, 0.4) is 0 Å². The van der Waals surface area contributed by atoms with E-state index in [1.54, 1.807) is 23.1 Å². The molecule has 2 aromatic carbocycles. The lowest BCUT2D eigenvalue weighted by atomic mass is 9.79.